The number of benzene rings is 1. The molecule has 0 unspecified atom stereocenters. The molecule has 5 heteroatoms. The maximum Gasteiger partial charge on any atom is 0.150 e. The number of anilines is 2. The van der Waals surface area contributed by atoms with Gasteiger partial charge in [0, 0.05) is 43.3 Å². The maximum absolute atomic E-state index is 14.4. The molecule has 0 saturated carbocycles. The number of nitrogen functional groups attached to an aromatic ring is 1. The predicted octanol–water partition coefficient (Wildman–Crippen LogP) is 2.99. The maximum atomic E-state index is 14.4. The van der Waals surface area contributed by atoms with E-state index in [0.29, 0.717) is 23.4 Å². The summed E-state index contributed by atoms with van der Waals surface area (Å²) in [7, 11) is 1.84. The Kier molecular flexibility index (Phi) is 3.39. The number of hydrogen-bond acceptors (Lipinski definition) is 4. The molecular formula is C16H15FN4. The highest BCUT2D eigenvalue weighted by atomic mass is 19.1. The topological polar surface area (TPSA) is 55.0 Å². The second-order valence-electron chi connectivity index (χ2n) is 4.91. The first-order valence-electron chi connectivity index (χ1n) is 6.59. The molecule has 0 aliphatic carbocycles. The van der Waals surface area contributed by atoms with Crippen LogP contribution in [0, 0.1) is 5.82 Å². The van der Waals surface area contributed by atoms with E-state index in [4.69, 9.17) is 5.73 Å². The van der Waals surface area contributed by atoms with Crippen molar-refractivity contribution in [3.05, 3.63) is 60.3 Å². The summed E-state index contributed by atoms with van der Waals surface area (Å²) < 4.78 is 14.4. The van der Waals surface area contributed by atoms with Crippen molar-refractivity contribution in [3.63, 3.8) is 0 Å². The molecule has 3 rings (SSSR count). The number of halogens is 1. The number of nitrogens with zero attached hydrogens (tertiary/aromatic N) is 3. The van der Waals surface area contributed by atoms with Crippen molar-refractivity contribution in [1.29, 1.82) is 0 Å². The van der Waals surface area contributed by atoms with Crippen molar-refractivity contribution in [3.8, 4) is 0 Å². The van der Waals surface area contributed by atoms with Gasteiger partial charge in [-0.1, -0.05) is 0 Å². The van der Waals surface area contributed by atoms with Gasteiger partial charge in [0.25, 0.3) is 0 Å². The van der Waals surface area contributed by atoms with E-state index in [1.165, 1.54) is 6.07 Å². The van der Waals surface area contributed by atoms with Gasteiger partial charge in [-0.05, 0) is 35.9 Å². The highest BCUT2D eigenvalue weighted by Crippen LogP contribution is 2.32. The molecule has 4 nitrogen and oxygen atoms in total. The molecule has 106 valence electrons. The quantitative estimate of drug-likeness (QED) is 0.750. The SMILES string of the molecule is CN(Cc1ccncc1)c1c(F)cc(N)c2cccnc12. The Morgan fingerprint density at radius 1 is 1.19 bits per heavy atom. The van der Waals surface area contributed by atoms with Gasteiger partial charge >= 0.3 is 0 Å². The van der Waals surface area contributed by atoms with Crippen LogP contribution in [0.5, 0.6) is 0 Å². The number of pyridine rings is 2. The van der Waals surface area contributed by atoms with Gasteiger partial charge < -0.3 is 10.6 Å². The molecule has 0 amide bonds. The summed E-state index contributed by atoms with van der Waals surface area (Å²) in [4.78, 5) is 10.1. The number of aromatic nitrogens is 2. The molecule has 0 atom stereocenters. The molecule has 21 heavy (non-hydrogen) atoms. The van der Waals surface area contributed by atoms with Gasteiger partial charge in [-0.2, -0.15) is 0 Å². The number of fused-ring (bicyclic) bond motifs is 1. The van der Waals surface area contributed by atoms with E-state index >= 15 is 0 Å². The number of rotatable bonds is 3. The Bertz CT molecular complexity index is 774. The van der Waals surface area contributed by atoms with Crippen LogP contribution >= 0.6 is 0 Å². The van der Waals surface area contributed by atoms with Crippen LogP contribution in [-0.2, 0) is 6.54 Å². The molecule has 0 spiro atoms. The van der Waals surface area contributed by atoms with Gasteiger partial charge in [0.2, 0.25) is 0 Å². The van der Waals surface area contributed by atoms with Crippen LogP contribution in [0.1, 0.15) is 5.56 Å². The average Bonchev–Trinajstić information content (AvgIpc) is 2.48. The molecule has 2 N–H and O–H groups in total. The van der Waals surface area contributed by atoms with Gasteiger partial charge in [-0.15, -0.1) is 0 Å². The molecule has 0 aliphatic heterocycles. The molecule has 2 heterocycles. The van der Waals surface area contributed by atoms with Crippen LogP contribution < -0.4 is 10.6 Å². The first kappa shape index (κ1) is 13.3. The Morgan fingerprint density at radius 3 is 2.71 bits per heavy atom. The monoisotopic (exact) mass is 282 g/mol. The summed E-state index contributed by atoms with van der Waals surface area (Å²) in [6.07, 6.45) is 5.09. The van der Waals surface area contributed by atoms with Gasteiger partial charge in [-0.3, -0.25) is 9.97 Å². The fourth-order valence-electron chi connectivity index (χ4n) is 2.43. The molecule has 0 bridgehead atoms. The van der Waals surface area contributed by atoms with Crippen LogP contribution in [-0.4, -0.2) is 17.0 Å². The lowest BCUT2D eigenvalue weighted by atomic mass is 10.1. The van der Waals surface area contributed by atoms with E-state index in [1.54, 1.807) is 24.7 Å². The van der Waals surface area contributed by atoms with Gasteiger partial charge in [0.1, 0.15) is 0 Å². The predicted molar refractivity (Wildman–Crippen MR) is 82.5 cm³/mol. The first-order valence-corrected chi connectivity index (χ1v) is 6.59. The highest BCUT2D eigenvalue weighted by Gasteiger charge is 2.15. The lowest BCUT2D eigenvalue weighted by Gasteiger charge is -2.22. The smallest absolute Gasteiger partial charge is 0.150 e. The fourth-order valence-corrected chi connectivity index (χ4v) is 2.43. The zero-order valence-electron chi connectivity index (χ0n) is 11.6. The fraction of sp³-hybridized carbons (Fsp3) is 0.125. The van der Waals surface area contributed by atoms with E-state index < -0.39 is 0 Å². The van der Waals surface area contributed by atoms with E-state index in [-0.39, 0.29) is 5.82 Å². The van der Waals surface area contributed by atoms with Crippen LogP contribution in [0.3, 0.4) is 0 Å². The summed E-state index contributed by atoms with van der Waals surface area (Å²) in [5, 5.41) is 0.760. The third-order valence-corrected chi connectivity index (χ3v) is 3.40. The van der Waals surface area contributed by atoms with Gasteiger partial charge in [0.05, 0.1) is 11.2 Å². The zero-order valence-corrected chi connectivity index (χ0v) is 11.6. The van der Waals surface area contributed by atoms with E-state index in [2.05, 4.69) is 9.97 Å². The highest BCUT2D eigenvalue weighted by molar-refractivity contribution is 5.98. The summed E-state index contributed by atoms with van der Waals surface area (Å²) in [6, 6.07) is 8.80. The van der Waals surface area contributed by atoms with Crippen molar-refractivity contribution < 1.29 is 4.39 Å². The number of nitrogens with two attached hydrogens (primary N) is 1. The van der Waals surface area contributed by atoms with Gasteiger partial charge in [-0.25, -0.2) is 4.39 Å². The lowest BCUT2D eigenvalue weighted by Crippen LogP contribution is -2.18. The lowest BCUT2D eigenvalue weighted by molar-refractivity contribution is 0.624. The third-order valence-electron chi connectivity index (χ3n) is 3.40. The molecule has 1 aromatic carbocycles. The summed E-state index contributed by atoms with van der Waals surface area (Å²) in [5.41, 5.74) is 8.35. The first-order chi connectivity index (χ1) is 10.2. The van der Waals surface area contributed by atoms with Crippen molar-refractivity contribution in [2.75, 3.05) is 17.7 Å². The minimum absolute atomic E-state index is 0.366. The largest absolute Gasteiger partial charge is 0.398 e. The number of hydrogen-bond donors (Lipinski definition) is 1. The minimum Gasteiger partial charge on any atom is -0.398 e. The van der Waals surface area contributed by atoms with Crippen LogP contribution in [0.15, 0.2) is 48.9 Å². The Morgan fingerprint density at radius 2 is 1.95 bits per heavy atom. The van der Waals surface area contributed by atoms with Gasteiger partial charge in [0.15, 0.2) is 5.82 Å². The zero-order chi connectivity index (χ0) is 14.8. The molecule has 0 aliphatic rings. The Balaban J connectivity index is 2.07. The van der Waals surface area contributed by atoms with E-state index in [1.807, 2.05) is 30.1 Å². The minimum atomic E-state index is -0.366. The molecular weight excluding hydrogens is 267 g/mol. The normalized spacial score (nSPS) is 10.8. The molecule has 3 aromatic rings. The van der Waals surface area contributed by atoms with Crippen LogP contribution in [0.4, 0.5) is 15.8 Å². The molecule has 0 fully saturated rings. The van der Waals surface area contributed by atoms with Crippen molar-refractivity contribution in [2.24, 2.45) is 0 Å². The summed E-state index contributed by atoms with van der Waals surface area (Å²) in [6.45, 7) is 0.565. The second-order valence-corrected chi connectivity index (χ2v) is 4.91. The second kappa shape index (κ2) is 5.36. The third kappa shape index (κ3) is 2.50. The summed E-state index contributed by atoms with van der Waals surface area (Å²) in [5.74, 6) is -0.366. The Labute approximate surface area is 122 Å². The Hall–Kier alpha value is -2.69. The molecule has 0 radical (unpaired) electrons. The van der Waals surface area contributed by atoms with Crippen LogP contribution in [0.25, 0.3) is 10.9 Å². The van der Waals surface area contributed by atoms with Crippen molar-refractivity contribution in [2.45, 2.75) is 6.54 Å². The standard InChI is InChI=1S/C16H15FN4/c1-21(10-11-4-7-19-8-5-11)16-13(17)9-14(18)12-3-2-6-20-15(12)16/h2-9H,10,18H2,1H3. The summed E-state index contributed by atoms with van der Waals surface area (Å²) >= 11 is 0. The molecule has 0 saturated heterocycles. The molecule has 2 aromatic heterocycles. The average molecular weight is 282 g/mol. The van der Waals surface area contributed by atoms with Crippen molar-refractivity contribution >= 4 is 22.3 Å². The van der Waals surface area contributed by atoms with Crippen molar-refractivity contribution in [1.82, 2.24) is 9.97 Å². The van der Waals surface area contributed by atoms with E-state index in [0.717, 1.165) is 10.9 Å². The van der Waals surface area contributed by atoms with E-state index in [9.17, 15) is 4.39 Å². The van der Waals surface area contributed by atoms with Crippen LogP contribution in [0.2, 0.25) is 0 Å².